The molecular formula is C8H16N2O3S. The lowest BCUT2D eigenvalue weighted by molar-refractivity contribution is -0.121. The van der Waals surface area contributed by atoms with Gasteiger partial charge in [-0.1, -0.05) is 0 Å². The average molecular weight is 220 g/mol. The molecule has 0 unspecified atom stereocenters. The monoisotopic (exact) mass is 220 g/mol. The maximum Gasteiger partial charge on any atom is 0.229 e. The molecule has 0 aliphatic rings. The maximum atomic E-state index is 11.1. The van der Waals surface area contributed by atoms with Gasteiger partial charge in [0.25, 0.3) is 0 Å². The number of hydrogen-bond acceptors (Lipinski definition) is 4. The van der Waals surface area contributed by atoms with E-state index in [2.05, 4.69) is 23.3 Å². The first-order chi connectivity index (χ1) is 6.70. The predicted molar refractivity (Wildman–Crippen MR) is 56.4 cm³/mol. The van der Waals surface area contributed by atoms with Crippen molar-refractivity contribution >= 4 is 24.4 Å². The van der Waals surface area contributed by atoms with E-state index in [9.17, 15) is 9.59 Å². The number of thiol groups is 1. The van der Waals surface area contributed by atoms with Gasteiger partial charge in [0, 0.05) is 26.6 Å². The largest absolute Gasteiger partial charge is 0.383 e. The summed E-state index contributed by atoms with van der Waals surface area (Å²) < 4.78 is 4.76. The lowest BCUT2D eigenvalue weighted by Gasteiger charge is -2.04. The van der Waals surface area contributed by atoms with E-state index in [0.29, 0.717) is 19.7 Å². The molecule has 2 N–H and O–H groups in total. The van der Waals surface area contributed by atoms with Crippen molar-refractivity contribution in [1.29, 1.82) is 0 Å². The van der Waals surface area contributed by atoms with Crippen LogP contribution in [-0.2, 0) is 14.3 Å². The number of methoxy groups -OCH3 is 1. The summed E-state index contributed by atoms with van der Waals surface area (Å²) in [6.07, 6.45) is 0.281. The molecule has 0 saturated carbocycles. The van der Waals surface area contributed by atoms with Crippen molar-refractivity contribution in [3.05, 3.63) is 0 Å². The Labute approximate surface area is 89.0 Å². The van der Waals surface area contributed by atoms with Gasteiger partial charge in [-0.15, -0.1) is 0 Å². The molecule has 0 aromatic carbocycles. The van der Waals surface area contributed by atoms with Crippen molar-refractivity contribution in [2.75, 3.05) is 32.6 Å². The highest BCUT2D eigenvalue weighted by molar-refractivity contribution is 7.81. The fourth-order valence-electron chi connectivity index (χ4n) is 0.752. The Kier molecular flexibility index (Phi) is 8.36. The predicted octanol–water partition coefficient (Wildman–Crippen LogP) is -0.815. The van der Waals surface area contributed by atoms with Crippen LogP contribution in [0.25, 0.3) is 0 Å². The zero-order valence-electron chi connectivity index (χ0n) is 8.21. The summed E-state index contributed by atoms with van der Waals surface area (Å²) in [5, 5.41) is 5.19. The molecular weight excluding hydrogens is 204 g/mol. The molecule has 5 nitrogen and oxygen atoms in total. The van der Waals surface area contributed by atoms with Crippen LogP contribution in [-0.4, -0.2) is 44.4 Å². The first kappa shape index (κ1) is 13.2. The van der Waals surface area contributed by atoms with E-state index in [4.69, 9.17) is 4.74 Å². The highest BCUT2D eigenvalue weighted by atomic mass is 32.1. The van der Waals surface area contributed by atoms with E-state index in [-0.39, 0.29) is 24.0 Å². The van der Waals surface area contributed by atoms with Crippen LogP contribution in [0.2, 0.25) is 0 Å². The van der Waals surface area contributed by atoms with Gasteiger partial charge in [-0.3, -0.25) is 9.59 Å². The SMILES string of the molecule is COCCNC(=O)CCNC(=O)CS. The molecule has 0 spiro atoms. The lowest BCUT2D eigenvalue weighted by Crippen LogP contribution is -2.32. The highest BCUT2D eigenvalue weighted by Gasteiger charge is 2.01. The summed E-state index contributed by atoms with van der Waals surface area (Å²) in [5.41, 5.74) is 0. The number of carbonyl (C=O) groups excluding carboxylic acids is 2. The molecule has 0 atom stereocenters. The van der Waals surface area contributed by atoms with Gasteiger partial charge in [0.1, 0.15) is 0 Å². The quantitative estimate of drug-likeness (QED) is 0.388. The third-order valence-corrected chi connectivity index (χ3v) is 1.73. The Hall–Kier alpha value is -0.750. The van der Waals surface area contributed by atoms with E-state index in [0.717, 1.165) is 0 Å². The van der Waals surface area contributed by atoms with Gasteiger partial charge in [0.05, 0.1) is 12.4 Å². The number of nitrogens with one attached hydrogen (secondary N) is 2. The maximum absolute atomic E-state index is 11.1. The minimum absolute atomic E-state index is 0.0958. The molecule has 0 rings (SSSR count). The van der Waals surface area contributed by atoms with Gasteiger partial charge in [-0.05, 0) is 0 Å². The lowest BCUT2D eigenvalue weighted by atomic mass is 10.4. The first-order valence-electron chi connectivity index (χ1n) is 4.34. The van der Waals surface area contributed by atoms with Crippen LogP contribution >= 0.6 is 12.6 Å². The van der Waals surface area contributed by atoms with Gasteiger partial charge >= 0.3 is 0 Å². The number of carbonyl (C=O) groups is 2. The molecule has 0 fully saturated rings. The van der Waals surface area contributed by atoms with E-state index in [1.807, 2.05) is 0 Å². The zero-order chi connectivity index (χ0) is 10.8. The molecule has 0 bridgehead atoms. The van der Waals surface area contributed by atoms with Crippen molar-refractivity contribution in [2.45, 2.75) is 6.42 Å². The molecule has 0 aromatic heterocycles. The Bertz CT molecular complexity index is 187. The van der Waals surface area contributed by atoms with Crippen molar-refractivity contribution in [2.24, 2.45) is 0 Å². The summed E-state index contributed by atoms with van der Waals surface area (Å²) >= 11 is 3.78. The smallest absolute Gasteiger partial charge is 0.229 e. The third kappa shape index (κ3) is 7.88. The number of rotatable bonds is 7. The first-order valence-corrected chi connectivity index (χ1v) is 4.97. The fraction of sp³-hybridized carbons (Fsp3) is 0.750. The van der Waals surface area contributed by atoms with Gasteiger partial charge in [0.2, 0.25) is 11.8 Å². The standard InChI is InChI=1S/C8H16N2O3S/c1-13-5-4-10-7(11)2-3-9-8(12)6-14/h14H,2-6H2,1H3,(H,9,12)(H,10,11). The van der Waals surface area contributed by atoms with Crippen molar-refractivity contribution in [1.82, 2.24) is 10.6 Å². The van der Waals surface area contributed by atoms with E-state index < -0.39 is 0 Å². The summed E-state index contributed by atoms with van der Waals surface area (Å²) in [6.45, 7) is 1.34. The fourth-order valence-corrected chi connectivity index (χ4v) is 0.864. The summed E-state index contributed by atoms with van der Waals surface area (Å²) in [6, 6.07) is 0. The van der Waals surface area contributed by atoms with E-state index in [1.54, 1.807) is 7.11 Å². The van der Waals surface area contributed by atoms with E-state index in [1.165, 1.54) is 0 Å². The molecule has 82 valence electrons. The van der Waals surface area contributed by atoms with Gasteiger partial charge < -0.3 is 15.4 Å². The molecule has 6 heteroatoms. The van der Waals surface area contributed by atoms with Crippen LogP contribution in [0.15, 0.2) is 0 Å². The number of ether oxygens (including phenoxy) is 1. The van der Waals surface area contributed by atoms with Crippen molar-refractivity contribution in [3.8, 4) is 0 Å². The molecule has 0 radical (unpaired) electrons. The molecule has 0 aliphatic heterocycles. The minimum atomic E-state index is -0.168. The second kappa shape index (κ2) is 8.83. The minimum Gasteiger partial charge on any atom is -0.383 e. The number of hydrogen-bond donors (Lipinski definition) is 3. The van der Waals surface area contributed by atoms with Crippen LogP contribution in [0, 0.1) is 0 Å². The van der Waals surface area contributed by atoms with Gasteiger partial charge in [-0.2, -0.15) is 12.6 Å². The second-order valence-corrected chi connectivity index (χ2v) is 2.92. The number of amides is 2. The normalized spacial score (nSPS) is 9.57. The Morgan fingerprint density at radius 3 is 2.43 bits per heavy atom. The van der Waals surface area contributed by atoms with Gasteiger partial charge in [0.15, 0.2) is 0 Å². The average Bonchev–Trinajstić information content (AvgIpc) is 2.18. The Morgan fingerprint density at radius 2 is 1.86 bits per heavy atom. The van der Waals surface area contributed by atoms with Crippen molar-refractivity contribution < 1.29 is 14.3 Å². The molecule has 0 heterocycles. The van der Waals surface area contributed by atoms with Gasteiger partial charge in [-0.25, -0.2) is 0 Å². The van der Waals surface area contributed by atoms with Crippen LogP contribution in [0.3, 0.4) is 0 Å². The highest BCUT2D eigenvalue weighted by Crippen LogP contribution is 1.79. The molecule has 14 heavy (non-hydrogen) atoms. The van der Waals surface area contributed by atoms with E-state index >= 15 is 0 Å². The summed E-state index contributed by atoms with van der Waals surface area (Å²) in [5.74, 6) is -0.120. The molecule has 2 amide bonds. The third-order valence-electron chi connectivity index (χ3n) is 1.45. The van der Waals surface area contributed by atoms with Crippen LogP contribution in [0.5, 0.6) is 0 Å². The van der Waals surface area contributed by atoms with Crippen LogP contribution in [0.1, 0.15) is 6.42 Å². The second-order valence-electron chi connectivity index (χ2n) is 2.60. The van der Waals surface area contributed by atoms with Crippen molar-refractivity contribution in [3.63, 3.8) is 0 Å². The Balaban J connectivity index is 3.31. The zero-order valence-corrected chi connectivity index (χ0v) is 9.10. The summed E-state index contributed by atoms with van der Waals surface area (Å²) in [4.78, 5) is 21.8. The molecule has 0 aliphatic carbocycles. The molecule has 0 aromatic rings. The summed E-state index contributed by atoms with van der Waals surface area (Å²) in [7, 11) is 1.57. The topological polar surface area (TPSA) is 67.4 Å². The van der Waals surface area contributed by atoms with Crippen LogP contribution < -0.4 is 10.6 Å². The van der Waals surface area contributed by atoms with Crippen LogP contribution in [0.4, 0.5) is 0 Å². The Morgan fingerprint density at radius 1 is 1.21 bits per heavy atom. The molecule has 0 saturated heterocycles.